The van der Waals surface area contributed by atoms with Crippen molar-refractivity contribution in [1.29, 1.82) is 0 Å². The molecule has 19 heavy (non-hydrogen) atoms. The molecule has 106 valence electrons. The molecule has 6 nitrogen and oxygen atoms in total. The number of carbonyl (C=O) groups excluding carboxylic acids is 1. The van der Waals surface area contributed by atoms with Crippen molar-refractivity contribution in [3.8, 4) is 0 Å². The van der Waals surface area contributed by atoms with E-state index in [4.69, 9.17) is 0 Å². The summed E-state index contributed by atoms with van der Waals surface area (Å²) in [5, 5.41) is 16.4. The van der Waals surface area contributed by atoms with Crippen LogP contribution in [0, 0.1) is 10.1 Å². The van der Waals surface area contributed by atoms with Crippen LogP contribution in [-0.4, -0.2) is 31.0 Å². The number of amides is 1. The van der Waals surface area contributed by atoms with E-state index < -0.39 is 4.92 Å². The van der Waals surface area contributed by atoms with Crippen LogP contribution >= 0.6 is 12.4 Å². The summed E-state index contributed by atoms with van der Waals surface area (Å²) in [6.45, 7) is 1.03. The Morgan fingerprint density at radius 3 is 2.63 bits per heavy atom. The molecular weight excluding hydrogens is 270 g/mol. The van der Waals surface area contributed by atoms with Gasteiger partial charge >= 0.3 is 0 Å². The number of rotatable bonds is 7. The highest BCUT2D eigenvalue weighted by Crippen LogP contribution is 2.17. The summed E-state index contributed by atoms with van der Waals surface area (Å²) < 4.78 is 0. The molecule has 1 aromatic carbocycles. The van der Waals surface area contributed by atoms with Crippen molar-refractivity contribution in [3.05, 3.63) is 39.9 Å². The third kappa shape index (κ3) is 6.17. The van der Waals surface area contributed by atoms with Crippen molar-refractivity contribution < 1.29 is 9.72 Å². The minimum atomic E-state index is -0.405. The van der Waals surface area contributed by atoms with Gasteiger partial charge in [-0.1, -0.05) is 18.2 Å². The van der Waals surface area contributed by atoms with Gasteiger partial charge in [0.25, 0.3) is 5.69 Å². The number of benzene rings is 1. The summed E-state index contributed by atoms with van der Waals surface area (Å²) in [5.74, 6) is -0.0528. The monoisotopic (exact) mass is 287 g/mol. The summed E-state index contributed by atoms with van der Waals surface area (Å²) in [4.78, 5) is 21.7. The Balaban J connectivity index is 0.00000324. The Bertz CT molecular complexity index is 426. The van der Waals surface area contributed by atoms with E-state index in [0.717, 1.165) is 0 Å². The highest BCUT2D eigenvalue weighted by molar-refractivity contribution is 5.85. The normalized spacial score (nSPS) is 9.53. The second kappa shape index (κ2) is 9.29. The Morgan fingerprint density at radius 1 is 1.32 bits per heavy atom. The first-order valence-electron chi connectivity index (χ1n) is 5.78. The molecule has 7 heteroatoms. The average Bonchev–Trinajstić information content (AvgIpc) is 2.36. The van der Waals surface area contributed by atoms with Crippen LogP contribution in [0.25, 0.3) is 0 Å². The van der Waals surface area contributed by atoms with E-state index in [9.17, 15) is 14.9 Å². The van der Waals surface area contributed by atoms with E-state index in [1.807, 2.05) is 0 Å². The SMILES string of the molecule is CNCCC(=O)NCCc1ccccc1[N+](=O)[O-].Cl. The fourth-order valence-corrected chi connectivity index (χ4v) is 1.56. The highest BCUT2D eigenvalue weighted by Gasteiger charge is 2.11. The number of nitro benzene ring substituents is 1. The quantitative estimate of drug-likeness (QED) is 0.584. The van der Waals surface area contributed by atoms with Crippen molar-refractivity contribution in [1.82, 2.24) is 10.6 Å². The van der Waals surface area contributed by atoms with Gasteiger partial charge in [-0.3, -0.25) is 14.9 Å². The lowest BCUT2D eigenvalue weighted by atomic mass is 10.1. The molecule has 0 saturated heterocycles. The van der Waals surface area contributed by atoms with Crippen molar-refractivity contribution in [2.24, 2.45) is 0 Å². The van der Waals surface area contributed by atoms with Gasteiger partial charge in [-0.15, -0.1) is 12.4 Å². The number of para-hydroxylation sites is 1. The molecule has 0 bridgehead atoms. The first-order valence-corrected chi connectivity index (χ1v) is 5.78. The second-order valence-electron chi connectivity index (χ2n) is 3.84. The minimum absolute atomic E-state index is 0. The average molecular weight is 288 g/mol. The maximum Gasteiger partial charge on any atom is 0.272 e. The van der Waals surface area contributed by atoms with E-state index in [1.54, 1.807) is 25.2 Å². The van der Waals surface area contributed by atoms with Gasteiger partial charge < -0.3 is 10.6 Å². The number of nitro groups is 1. The predicted octanol–water partition coefficient (Wildman–Crippen LogP) is 1.28. The summed E-state index contributed by atoms with van der Waals surface area (Å²) >= 11 is 0. The largest absolute Gasteiger partial charge is 0.356 e. The van der Waals surface area contributed by atoms with Gasteiger partial charge in [0.15, 0.2) is 0 Å². The molecule has 0 atom stereocenters. The number of hydrogen-bond donors (Lipinski definition) is 2. The van der Waals surface area contributed by atoms with Gasteiger partial charge in [-0.2, -0.15) is 0 Å². The smallest absolute Gasteiger partial charge is 0.272 e. The van der Waals surface area contributed by atoms with Gasteiger partial charge in [-0.05, 0) is 13.5 Å². The molecule has 0 spiro atoms. The number of hydrogen-bond acceptors (Lipinski definition) is 4. The summed E-state index contributed by atoms with van der Waals surface area (Å²) in [5.41, 5.74) is 0.735. The van der Waals surface area contributed by atoms with Gasteiger partial charge in [0.05, 0.1) is 4.92 Å². The van der Waals surface area contributed by atoms with Gasteiger partial charge in [0.1, 0.15) is 0 Å². The lowest BCUT2D eigenvalue weighted by Crippen LogP contribution is -2.28. The maximum atomic E-state index is 11.3. The highest BCUT2D eigenvalue weighted by atomic mass is 35.5. The topological polar surface area (TPSA) is 84.3 Å². The van der Waals surface area contributed by atoms with Gasteiger partial charge in [0, 0.05) is 31.1 Å². The van der Waals surface area contributed by atoms with Crippen molar-refractivity contribution in [3.63, 3.8) is 0 Å². The number of carbonyl (C=O) groups is 1. The van der Waals surface area contributed by atoms with Crippen LogP contribution in [0.3, 0.4) is 0 Å². The molecule has 2 N–H and O–H groups in total. The van der Waals surface area contributed by atoms with Crippen LogP contribution < -0.4 is 10.6 Å². The van der Waals surface area contributed by atoms with Crippen LogP contribution in [-0.2, 0) is 11.2 Å². The molecule has 0 fully saturated rings. The molecule has 1 amide bonds. The molecule has 0 aliphatic carbocycles. The molecule has 0 aliphatic heterocycles. The molecular formula is C12H18ClN3O3. The third-order valence-corrected chi connectivity index (χ3v) is 2.51. The zero-order valence-electron chi connectivity index (χ0n) is 10.7. The molecule has 0 unspecified atom stereocenters. The maximum absolute atomic E-state index is 11.3. The zero-order chi connectivity index (χ0) is 13.4. The molecule has 1 aromatic rings. The Hall–Kier alpha value is -1.66. The van der Waals surface area contributed by atoms with E-state index in [0.29, 0.717) is 31.5 Å². The van der Waals surface area contributed by atoms with Crippen molar-refractivity contribution in [2.45, 2.75) is 12.8 Å². The number of nitrogens with one attached hydrogen (secondary N) is 2. The molecule has 0 aromatic heterocycles. The second-order valence-corrected chi connectivity index (χ2v) is 3.84. The van der Waals surface area contributed by atoms with Crippen molar-refractivity contribution in [2.75, 3.05) is 20.1 Å². The van der Waals surface area contributed by atoms with Crippen LogP contribution in [0.1, 0.15) is 12.0 Å². The minimum Gasteiger partial charge on any atom is -0.356 e. The fraction of sp³-hybridized carbons (Fsp3) is 0.417. The Kier molecular flexibility index (Phi) is 8.48. The molecule has 0 heterocycles. The van der Waals surface area contributed by atoms with Gasteiger partial charge in [-0.25, -0.2) is 0 Å². The predicted molar refractivity (Wildman–Crippen MR) is 75.6 cm³/mol. The van der Waals surface area contributed by atoms with E-state index >= 15 is 0 Å². The van der Waals surface area contributed by atoms with E-state index in [1.165, 1.54) is 6.07 Å². The lowest BCUT2D eigenvalue weighted by molar-refractivity contribution is -0.385. The molecule has 1 rings (SSSR count). The Morgan fingerprint density at radius 2 is 2.00 bits per heavy atom. The van der Waals surface area contributed by atoms with Crippen LogP contribution in [0.5, 0.6) is 0 Å². The molecule has 0 aliphatic rings. The zero-order valence-corrected chi connectivity index (χ0v) is 11.5. The molecule has 0 saturated carbocycles. The standard InChI is InChI=1S/C12H17N3O3.ClH/c1-13-8-7-12(16)14-9-6-10-4-2-3-5-11(10)15(17)18;/h2-5,13H,6-9H2,1H3,(H,14,16);1H. The Labute approximate surface area is 118 Å². The van der Waals surface area contributed by atoms with E-state index in [2.05, 4.69) is 10.6 Å². The van der Waals surface area contributed by atoms with Crippen LogP contribution in [0.15, 0.2) is 24.3 Å². The van der Waals surface area contributed by atoms with Crippen LogP contribution in [0.4, 0.5) is 5.69 Å². The fourth-order valence-electron chi connectivity index (χ4n) is 1.56. The van der Waals surface area contributed by atoms with Gasteiger partial charge in [0.2, 0.25) is 5.91 Å². The third-order valence-electron chi connectivity index (χ3n) is 2.51. The molecule has 0 radical (unpaired) electrons. The first kappa shape index (κ1) is 17.3. The first-order chi connectivity index (χ1) is 8.65. The number of halogens is 1. The summed E-state index contributed by atoms with van der Waals surface area (Å²) in [7, 11) is 1.78. The number of nitrogens with zero attached hydrogens (tertiary/aromatic N) is 1. The summed E-state index contributed by atoms with van der Waals surface area (Å²) in [6, 6.07) is 6.56. The van der Waals surface area contributed by atoms with E-state index in [-0.39, 0.29) is 24.0 Å². The van der Waals surface area contributed by atoms with Crippen molar-refractivity contribution >= 4 is 24.0 Å². The van der Waals surface area contributed by atoms with Crippen LogP contribution in [0.2, 0.25) is 0 Å². The summed E-state index contributed by atoms with van der Waals surface area (Å²) in [6.07, 6.45) is 0.871. The lowest BCUT2D eigenvalue weighted by Gasteiger charge is -2.05.